The average Bonchev–Trinajstić information content (AvgIpc) is 1.52. The molecule has 6 nitrogen and oxygen atoms in total. The van der Waals surface area contributed by atoms with Gasteiger partial charge in [-0.25, -0.2) is 23.8 Å². The summed E-state index contributed by atoms with van der Waals surface area (Å²) in [5, 5.41) is 0. The molecule has 690 valence electrons. The molecule has 0 radical (unpaired) electrons. The van der Waals surface area contributed by atoms with Crippen molar-refractivity contribution in [3.8, 4) is 179 Å². The topological polar surface area (TPSA) is 77.3 Å². The van der Waals surface area contributed by atoms with Crippen LogP contribution in [0.25, 0.3) is 179 Å². The van der Waals surface area contributed by atoms with Crippen LogP contribution in [0.15, 0.2) is 304 Å². The molecule has 17 aromatic rings. The van der Waals surface area contributed by atoms with Crippen LogP contribution < -0.4 is 0 Å². The summed E-state index contributed by atoms with van der Waals surface area (Å²) in [6.07, 6.45) is 39.7. The fourth-order valence-electron chi connectivity index (χ4n) is 32.9. The number of hydrogen-bond donors (Lipinski definition) is 0. The minimum absolute atomic E-state index is 0. The van der Waals surface area contributed by atoms with E-state index < -0.39 is 0 Å². The molecule has 142 heavy (non-hydrogen) atoms. The van der Waals surface area contributed by atoms with Crippen LogP contribution in [-0.4, -0.2) is 29.9 Å². The summed E-state index contributed by atoms with van der Waals surface area (Å²) in [5.41, 5.74) is 45.9. The van der Waals surface area contributed by atoms with Gasteiger partial charge in [-0.3, -0.25) is 12.1 Å². The van der Waals surface area contributed by atoms with Gasteiger partial charge < -0.3 is 29.9 Å². The summed E-state index contributed by atoms with van der Waals surface area (Å²) in [6, 6.07) is 123. The summed E-state index contributed by atoms with van der Waals surface area (Å²) in [5.74, 6) is 12.8. The van der Waals surface area contributed by atoms with Gasteiger partial charge in [-0.15, -0.1) is 140 Å². The molecule has 0 aliphatic heterocycles. The number of pyridine rings is 4. The van der Waals surface area contributed by atoms with E-state index in [0.29, 0.717) is 69.6 Å². The molecule has 0 N–H and O–H groups in total. The van der Waals surface area contributed by atoms with Crippen molar-refractivity contribution in [1.29, 1.82) is 0 Å². The van der Waals surface area contributed by atoms with Crippen molar-refractivity contribution >= 4 is 0 Å². The van der Waals surface area contributed by atoms with Gasteiger partial charge in [0.25, 0.3) is 0 Å². The maximum Gasteiger partial charge on any atom is 3.00 e. The Morgan fingerprint density at radius 3 is 0.775 bits per heavy atom. The van der Waals surface area contributed by atoms with Gasteiger partial charge in [0.1, 0.15) is 0 Å². The third kappa shape index (κ3) is 13.9. The SMILES string of the molecule is [Ir+3].[Ir+3].[c-]1ccc[c-]c1-c1ncc(-c2c(-c3cc(-c4ccccc4-c4ccc(-c5[c-]cc6c(c5)C5CC7CC(CC6C7)C5)nc4)cc(-c4ccccc4-c4ccc(-c5[c-]cc6c(c5)C5CC7CC8CC6CC87C5)nc4)c3)cccc2-c2cc(-c3ccccc3-c3ccc(-c4[c-]cc5c(c4)C4CC6CC(CC5C6)C4)nc3)cc(-c3ccccc3-c3ccc(-c4[c-]cc5c(c4)C4CC6CC7CC5CC76C4)nc3)c2)cn1. The number of hydrogen-bond acceptors (Lipinski definition) is 6. The zero-order valence-corrected chi connectivity index (χ0v) is 84.4. The fraction of sp³-hybridized carbons (Fsp3) is 0.284. The second-order valence-corrected chi connectivity index (χ2v) is 45.6. The van der Waals surface area contributed by atoms with E-state index in [9.17, 15) is 0 Å². The smallest absolute Gasteiger partial charge is 0.332 e. The first kappa shape index (κ1) is 86.3. The van der Waals surface area contributed by atoms with Crippen LogP contribution in [-0.2, 0) is 40.2 Å². The zero-order chi connectivity index (χ0) is 91.3. The van der Waals surface area contributed by atoms with Gasteiger partial charge in [-0.05, 0) is 372 Å². The molecule has 5 heterocycles. The van der Waals surface area contributed by atoms with E-state index in [0.717, 1.165) is 215 Å². The third-order valence-corrected chi connectivity index (χ3v) is 38.8. The van der Waals surface area contributed by atoms with E-state index in [1.165, 1.54) is 128 Å². The Kier molecular flexibility index (Phi) is 20.4. The van der Waals surface area contributed by atoms with Crippen LogP contribution in [0.5, 0.6) is 0 Å². The van der Waals surface area contributed by atoms with Crippen molar-refractivity contribution < 1.29 is 40.2 Å². The molecular weight excluding hydrogens is 2080 g/mol. The first-order valence-electron chi connectivity index (χ1n) is 52.7. The predicted molar refractivity (Wildman–Crippen MR) is 560 cm³/mol. The van der Waals surface area contributed by atoms with Crippen LogP contribution in [0.2, 0.25) is 0 Å². The molecular formula is C134H106Ir2N6. The van der Waals surface area contributed by atoms with Gasteiger partial charge >= 0.3 is 40.2 Å². The molecule has 12 aromatic carbocycles. The molecule has 33 rings (SSSR count). The van der Waals surface area contributed by atoms with Gasteiger partial charge in [0.15, 0.2) is 0 Å². The van der Waals surface area contributed by atoms with Gasteiger partial charge in [0.05, 0.1) is 0 Å². The Hall–Kier alpha value is -12.4. The summed E-state index contributed by atoms with van der Waals surface area (Å²) in [6.45, 7) is 0. The van der Waals surface area contributed by atoms with Crippen LogP contribution in [0.1, 0.15) is 220 Å². The number of fused-ring (bicyclic) bond motifs is 10. The summed E-state index contributed by atoms with van der Waals surface area (Å²) >= 11 is 0. The second kappa shape index (κ2) is 33.6. The largest absolute Gasteiger partial charge is 3.00 e. The molecule has 2 spiro atoms. The summed E-state index contributed by atoms with van der Waals surface area (Å²) < 4.78 is 0. The average molecular weight is 2180 g/mol. The normalized spacial score (nSPS) is 26.8. The van der Waals surface area contributed by atoms with Crippen molar-refractivity contribution in [3.05, 3.63) is 385 Å². The molecule has 14 unspecified atom stereocenters. The van der Waals surface area contributed by atoms with Gasteiger partial charge in [0, 0.05) is 48.3 Å². The first-order valence-corrected chi connectivity index (χ1v) is 52.7. The van der Waals surface area contributed by atoms with E-state index in [1.54, 1.807) is 44.5 Å². The van der Waals surface area contributed by atoms with Crippen molar-refractivity contribution in [2.75, 3.05) is 0 Å². The molecule has 0 saturated heterocycles. The van der Waals surface area contributed by atoms with Gasteiger partial charge in [-0.2, -0.15) is 0 Å². The van der Waals surface area contributed by atoms with Crippen LogP contribution in [0.4, 0.5) is 0 Å². The number of nitrogens with zero attached hydrogens (tertiary/aromatic N) is 6. The van der Waals surface area contributed by atoms with E-state index in [4.69, 9.17) is 29.9 Å². The van der Waals surface area contributed by atoms with Crippen molar-refractivity contribution in [1.82, 2.24) is 29.9 Å². The first-order chi connectivity index (χ1) is 69.1. The van der Waals surface area contributed by atoms with E-state index in [1.807, 2.05) is 30.6 Å². The Morgan fingerprint density at radius 1 is 0.211 bits per heavy atom. The Labute approximate surface area is 860 Å². The predicted octanol–water partition coefficient (Wildman–Crippen LogP) is 33.1. The molecule has 10 fully saturated rings. The maximum atomic E-state index is 5.42. The Balaban J connectivity index is 0.00000482. The van der Waals surface area contributed by atoms with E-state index in [2.05, 4.69) is 310 Å². The number of aromatic nitrogens is 6. The minimum atomic E-state index is 0. The van der Waals surface area contributed by atoms with E-state index >= 15 is 0 Å². The van der Waals surface area contributed by atoms with Crippen LogP contribution in [0.3, 0.4) is 0 Å². The number of rotatable bonds is 16. The molecule has 8 heteroatoms. The van der Waals surface area contributed by atoms with Gasteiger partial charge in [-0.1, -0.05) is 202 Å². The van der Waals surface area contributed by atoms with E-state index in [-0.39, 0.29) is 40.2 Å². The van der Waals surface area contributed by atoms with Crippen molar-refractivity contribution in [3.63, 3.8) is 0 Å². The summed E-state index contributed by atoms with van der Waals surface area (Å²) in [4.78, 5) is 32.2. The quantitative estimate of drug-likeness (QED) is 0.0897. The molecule has 14 bridgehead atoms. The minimum Gasteiger partial charge on any atom is -0.332 e. The second-order valence-electron chi connectivity index (χ2n) is 45.6. The molecule has 16 aliphatic rings. The van der Waals surface area contributed by atoms with Crippen molar-refractivity contribution in [2.45, 2.75) is 176 Å². The third-order valence-electron chi connectivity index (χ3n) is 38.8. The molecule has 10 saturated carbocycles. The monoisotopic (exact) mass is 2180 g/mol. The zero-order valence-electron chi connectivity index (χ0n) is 79.6. The van der Waals surface area contributed by atoms with Crippen LogP contribution in [0, 0.1) is 94.6 Å². The standard InChI is InChI=1S/C134H106N6.2Ir/c1-2-13-81(14-3-1)132-139-75-104(76-140-132)131-121(98-53-94(113-19-8-4-15-109(113)86-29-37-127(135-71-86)82-25-33-117-90-43-77-41-78(44-90)48-92(47-77)123(117)61-82)51-96(55-98)115-21-10-6-17-111(115)88-31-39-129(137-73-88)84-27-35-119-100-57-105-65-107-59-102(125(119)63-84)69-133(105,107)67-100)23-12-24-122(131)99-54-95(114-20-9-5-16-110(114)87-30-38-128(136-72-87)83-26-34-118-91-45-79-42-80(46-91)50-93(49-79)124(118)62-83)52-97(56-99)116-22-11-7-18-112(116)89-32-40-130(138-74-89)85-28-36-120-101-58-106-66-108-60-103(126(120)64-85)70-134(106,108)68-101;;/h1-12,15-24,29-40,51-56,61-64,71-80,90-93,100-103,105-108H,41-50,57-60,65-70H2;;/q-6;2*+3. The number of benzene rings is 12. The van der Waals surface area contributed by atoms with Crippen molar-refractivity contribution in [2.24, 2.45) is 58.2 Å². The maximum absolute atomic E-state index is 5.42. The summed E-state index contributed by atoms with van der Waals surface area (Å²) in [7, 11) is 0. The Morgan fingerprint density at radius 2 is 0.472 bits per heavy atom. The molecule has 0 amide bonds. The van der Waals surface area contributed by atoms with Gasteiger partial charge in [0.2, 0.25) is 0 Å². The Bertz CT molecular complexity index is 7480. The van der Waals surface area contributed by atoms with Crippen LogP contribution >= 0.6 is 0 Å². The molecule has 16 aliphatic carbocycles. The molecule has 14 atom stereocenters. The fourth-order valence-corrected chi connectivity index (χ4v) is 32.9. The molecule has 5 aromatic heterocycles.